The first-order chi connectivity index (χ1) is 16.8. The molecule has 1 saturated carbocycles. The molecule has 5 rings (SSSR count). The largest absolute Gasteiger partial charge is 0.389 e. The number of hydrogen-bond donors (Lipinski definition) is 3. The Morgan fingerprint density at radius 3 is 2.69 bits per heavy atom. The Labute approximate surface area is 208 Å². The summed E-state index contributed by atoms with van der Waals surface area (Å²) in [6.45, 7) is 5.80. The number of anilines is 1. The van der Waals surface area contributed by atoms with Crippen molar-refractivity contribution in [1.29, 1.82) is 0 Å². The molecule has 0 saturated heterocycles. The van der Waals surface area contributed by atoms with Crippen molar-refractivity contribution >= 4 is 29.0 Å². The van der Waals surface area contributed by atoms with E-state index in [1.54, 1.807) is 30.8 Å². The van der Waals surface area contributed by atoms with Gasteiger partial charge in [0.15, 0.2) is 5.65 Å². The molecule has 1 aliphatic rings. The van der Waals surface area contributed by atoms with E-state index < -0.39 is 5.60 Å². The maximum atomic E-state index is 12.6. The third-order valence-electron chi connectivity index (χ3n) is 5.68. The van der Waals surface area contributed by atoms with Crippen molar-refractivity contribution in [2.24, 2.45) is 0 Å². The summed E-state index contributed by atoms with van der Waals surface area (Å²) in [6.07, 6.45) is 5.64. The second-order valence-corrected chi connectivity index (χ2v) is 10.5. The molecule has 1 amide bonds. The van der Waals surface area contributed by atoms with Crippen molar-refractivity contribution < 1.29 is 9.90 Å². The number of aliphatic hydroxyl groups is 1. The second kappa shape index (κ2) is 9.31. The van der Waals surface area contributed by atoms with Gasteiger partial charge in [-0.05, 0) is 81.3 Å². The zero-order valence-electron chi connectivity index (χ0n) is 19.9. The van der Waals surface area contributed by atoms with Crippen molar-refractivity contribution in [3.8, 4) is 11.3 Å². The molecule has 1 fully saturated rings. The smallest absolute Gasteiger partial charge is 0.251 e. The van der Waals surface area contributed by atoms with Crippen LogP contribution in [0.2, 0.25) is 0 Å². The lowest BCUT2D eigenvalue weighted by Crippen LogP contribution is -2.29. The van der Waals surface area contributed by atoms with Crippen molar-refractivity contribution in [3.05, 3.63) is 66.0 Å². The number of amides is 1. The Morgan fingerprint density at radius 2 is 2.00 bits per heavy atom. The van der Waals surface area contributed by atoms with Crippen LogP contribution < -0.4 is 10.6 Å². The van der Waals surface area contributed by atoms with E-state index in [1.807, 2.05) is 49.4 Å². The van der Waals surface area contributed by atoms with Crippen molar-refractivity contribution in [2.75, 3.05) is 11.9 Å². The molecule has 0 radical (unpaired) electrons. The Morgan fingerprint density at radius 1 is 1.17 bits per heavy atom. The van der Waals surface area contributed by atoms with Gasteiger partial charge < -0.3 is 15.7 Å². The molecule has 180 valence electrons. The summed E-state index contributed by atoms with van der Waals surface area (Å²) in [5.41, 5.74) is 3.84. The summed E-state index contributed by atoms with van der Waals surface area (Å²) >= 11 is 1.45. The quantitative estimate of drug-likeness (QED) is 0.339. The maximum absolute atomic E-state index is 12.6. The number of rotatable bonds is 8. The number of nitrogens with zero attached hydrogens (tertiary/aromatic N) is 4. The van der Waals surface area contributed by atoms with Crippen LogP contribution in [-0.2, 0) is 0 Å². The lowest BCUT2D eigenvalue weighted by molar-refractivity contribution is 0.0940. The Hall–Kier alpha value is -3.43. The van der Waals surface area contributed by atoms with E-state index in [0.29, 0.717) is 23.8 Å². The van der Waals surface area contributed by atoms with E-state index in [-0.39, 0.29) is 5.91 Å². The Balaban J connectivity index is 1.53. The molecular weight excluding hydrogens is 460 g/mol. The van der Waals surface area contributed by atoms with Gasteiger partial charge in [0.25, 0.3) is 5.91 Å². The number of pyridine rings is 1. The Kier molecular flexibility index (Phi) is 6.21. The number of carbonyl (C=O) groups excluding carboxylic acids is 1. The highest BCUT2D eigenvalue weighted by atomic mass is 32.2. The van der Waals surface area contributed by atoms with Crippen LogP contribution in [0.3, 0.4) is 0 Å². The first kappa shape index (κ1) is 23.3. The standard InChI is InChI=1S/C26H28N6O2S/c1-16-12-17(7-10-19(16)25(33)30-18-8-9-18)21-14-28-24-20(29-15-26(2,3)34)13-23(31-32(21)24)35-22-6-4-5-11-27-22/h4-7,10-14,18,29,34H,8-9,15H2,1-3H3,(H,30,33). The highest BCUT2D eigenvalue weighted by molar-refractivity contribution is 7.99. The molecule has 0 bridgehead atoms. The number of aromatic nitrogens is 4. The van der Waals surface area contributed by atoms with Gasteiger partial charge in [0, 0.05) is 29.9 Å². The Bertz CT molecular complexity index is 1380. The second-order valence-electron chi connectivity index (χ2n) is 9.49. The van der Waals surface area contributed by atoms with E-state index in [4.69, 9.17) is 5.10 Å². The van der Waals surface area contributed by atoms with Gasteiger partial charge in [0.2, 0.25) is 0 Å². The van der Waals surface area contributed by atoms with Crippen LogP contribution in [0.25, 0.3) is 16.9 Å². The van der Waals surface area contributed by atoms with Gasteiger partial charge in [-0.25, -0.2) is 14.5 Å². The van der Waals surface area contributed by atoms with Crippen LogP contribution in [0.1, 0.15) is 42.6 Å². The van der Waals surface area contributed by atoms with Crippen LogP contribution in [0.5, 0.6) is 0 Å². The molecule has 0 unspecified atom stereocenters. The minimum Gasteiger partial charge on any atom is -0.389 e. The summed E-state index contributed by atoms with van der Waals surface area (Å²) in [5, 5.41) is 23.0. The molecule has 3 heterocycles. The first-order valence-electron chi connectivity index (χ1n) is 11.6. The molecule has 9 heteroatoms. The van der Waals surface area contributed by atoms with Crippen LogP contribution in [-0.4, -0.2) is 48.8 Å². The fourth-order valence-corrected chi connectivity index (χ4v) is 4.49. The molecule has 35 heavy (non-hydrogen) atoms. The van der Waals surface area contributed by atoms with Crippen molar-refractivity contribution in [1.82, 2.24) is 24.9 Å². The molecule has 8 nitrogen and oxygen atoms in total. The van der Waals surface area contributed by atoms with Gasteiger partial charge in [-0.3, -0.25) is 4.79 Å². The summed E-state index contributed by atoms with van der Waals surface area (Å²) < 4.78 is 1.80. The summed E-state index contributed by atoms with van der Waals surface area (Å²) in [7, 11) is 0. The third kappa shape index (κ3) is 5.47. The SMILES string of the molecule is Cc1cc(-c2cnc3c(NCC(C)(C)O)cc(Sc4ccccn4)nn23)ccc1C(=O)NC1CC1. The maximum Gasteiger partial charge on any atom is 0.251 e. The normalized spacial score (nSPS) is 13.7. The number of benzene rings is 1. The van der Waals surface area contributed by atoms with Crippen LogP contribution in [0.4, 0.5) is 5.69 Å². The number of hydrogen-bond acceptors (Lipinski definition) is 7. The minimum absolute atomic E-state index is 0.0278. The number of aryl methyl sites for hydroxylation is 1. The van der Waals surface area contributed by atoms with Crippen molar-refractivity contribution in [3.63, 3.8) is 0 Å². The van der Waals surface area contributed by atoms with Gasteiger partial charge in [-0.2, -0.15) is 5.10 Å². The molecule has 0 aliphatic heterocycles. The van der Waals surface area contributed by atoms with Gasteiger partial charge in [-0.1, -0.05) is 12.1 Å². The third-order valence-corrected chi connectivity index (χ3v) is 6.54. The van der Waals surface area contributed by atoms with E-state index >= 15 is 0 Å². The van der Waals surface area contributed by atoms with E-state index in [1.165, 1.54) is 11.8 Å². The highest BCUT2D eigenvalue weighted by Crippen LogP contribution is 2.31. The molecule has 0 spiro atoms. The molecular formula is C26H28N6O2S. The number of fused-ring (bicyclic) bond motifs is 1. The number of imidazole rings is 1. The summed E-state index contributed by atoms with van der Waals surface area (Å²) in [5.74, 6) is -0.0278. The zero-order chi connectivity index (χ0) is 24.6. The monoisotopic (exact) mass is 488 g/mol. The average Bonchev–Trinajstić information content (AvgIpc) is 3.53. The van der Waals surface area contributed by atoms with E-state index in [9.17, 15) is 9.90 Å². The lowest BCUT2D eigenvalue weighted by atomic mass is 10.0. The first-order valence-corrected chi connectivity index (χ1v) is 12.4. The van der Waals surface area contributed by atoms with Crippen LogP contribution in [0, 0.1) is 6.92 Å². The van der Waals surface area contributed by atoms with Gasteiger partial charge in [0.05, 0.1) is 23.2 Å². The molecule has 0 atom stereocenters. The topological polar surface area (TPSA) is 104 Å². The number of nitrogens with one attached hydrogen (secondary N) is 2. The lowest BCUT2D eigenvalue weighted by Gasteiger charge is -2.19. The van der Waals surface area contributed by atoms with E-state index in [2.05, 4.69) is 20.6 Å². The van der Waals surface area contributed by atoms with Gasteiger partial charge in [-0.15, -0.1) is 0 Å². The molecule has 4 aromatic rings. The molecule has 1 aliphatic carbocycles. The predicted molar refractivity (Wildman–Crippen MR) is 137 cm³/mol. The zero-order valence-corrected chi connectivity index (χ0v) is 20.8. The van der Waals surface area contributed by atoms with Gasteiger partial charge >= 0.3 is 0 Å². The summed E-state index contributed by atoms with van der Waals surface area (Å²) in [4.78, 5) is 21.6. The van der Waals surface area contributed by atoms with E-state index in [0.717, 1.165) is 45.4 Å². The summed E-state index contributed by atoms with van der Waals surface area (Å²) in [6, 6.07) is 13.8. The fraction of sp³-hybridized carbons (Fsp3) is 0.308. The van der Waals surface area contributed by atoms with Gasteiger partial charge in [0.1, 0.15) is 10.1 Å². The molecule has 3 N–H and O–H groups in total. The van der Waals surface area contributed by atoms with Crippen LogP contribution in [0.15, 0.2) is 64.9 Å². The molecule has 1 aromatic carbocycles. The average molecular weight is 489 g/mol. The van der Waals surface area contributed by atoms with Crippen molar-refractivity contribution in [2.45, 2.75) is 55.3 Å². The molecule has 3 aromatic heterocycles. The number of carbonyl (C=O) groups is 1. The fourth-order valence-electron chi connectivity index (χ4n) is 3.72. The predicted octanol–water partition coefficient (Wildman–Crippen LogP) is 4.33. The minimum atomic E-state index is -0.891. The van der Waals surface area contributed by atoms with Crippen LogP contribution >= 0.6 is 11.8 Å². The highest BCUT2D eigenvalue weighted by Gasteiger charge is 2.24.